The summed E-state index contributed by atoms with van der Waals surface area (Å²) in [5.41, 5.74) is 6.15. The van der Waals surface area contributed by atoms with Crippen molar-refractivity contribution in [1.82, 2.24) is 4.90 Å². The van der Waals surface area contributed by atoms with Crippen molar-refractivity contribution >= 4 is 0 Å². The molecule has 0 radical (unpaired) electrons. The number of rotatable bonds is 1. The van der Waals surface area contributed by atoms with Gasteiger partial charge in [0.2, 0.25) is 0 Å². The Bertz CT molecular complexity index is 132. The Kier molecular flexibility index (Phi) is 2.55. The maximum atomic E-state index is 5.73. The molecule has 2 nitrogen and oxygen atoms in total. The molecular formula is C9H20N2. The lowest BCUT2D eigenvalue weighted by Crippen LogP contribution is -2.51. The first-order valence-corrected chi connectivity index (χ1v) is 4.48. The molecule has 1 fully saturated rings. The summed E-state index contributed by atoms with van der Waals surface area (Å²) in [6.45, 7) is 6.65. The SMILES string of the molecule is CN1CCCC(C)(C)[C@@H]1CN. The van der Waals surface area contributed by atoms with E-state index in [2.05, 4.69) is 25.8 Å². The highest BCUT2D eigenvalue weighted by atomic mass is 15.2. The van der Waals surface area contributed by atoms with Crippen molar-refractivity contribution in [1.29, 1.82) is 0 Å². The zero-order valence-corrected chi connectivity index (χ0v) is 7.93. The molecule has 66 valence electrons. The minimum Gasteiger partial charge on any atom is -0.329 e. The summed E-state index contributed by atoms with van der Waals surface area (Å²) in [6, 6.07) is 0.580. The van der Waals surface area contributed by atoms with Gasteiger partial charge in [0.05, 0.1) is 0 Å². The van der Waals surface area contributed by atoms with Crippen LogP contribution >= 0.6 is 0 Å². The fourth-order valence-corrected chi connectivity index (χ4v) is 2.20. The molecule has 11 heavy (non-hydrogen) atoms. The predicted octanol–water partition coefficient (Wildman–Crippen LogP) is 1.07. The lowest BCUT2D eigenvalue weighted by atomic mass is 9.77. The molecule has 0 aromatic carbocycles. The number of piperidine rings is 1. The summed E-state index contributed by atoms with van der Waals surface area (Å²) in [6.07, 6.45) is 2.64. The van der Waals surface area contributed by atoms with Crippen LogP contribution in [-0.2, 0) is 0 Å². The minimum atomic E-state index is 0.418. The number of hydrogen-bond acceptors (Lipinski definition) is 2. The van der Waals surface area contributed by atoms with Crippen molar-refractivity contribution in [3.05, 3.63) is 0 Å². The highest BCUT2D eigenvalue weighted by molar-refractivity contribution is 4.89. The van der Waals surface area contributed by atoms with Crippen molar-refractivity contribution < 1.29 is 0 Å². The third kappa shape index (κ3) is 1.74. The van der Waals surface area contributed by atoms with Gasteiger partial charge in [-0.2, -0.15) is 0 Å². The van der Waals surface area contributed by atoms with Gasteiger partial charge >= 0.3 is 0 Å². The van der Waals surface area contributed by atoms with E-state index in [1.165, 1.54) is 19.4 Å². The number of nitrogens with zero attached hydrogens (tertiary/aromatic N) is 1. The zero-order chi connectivity index (χ0) is 8.48. The molecule has 0 saturated carbocycles. The van der Waals surface area contributed by atoms with Crippen molar-refractivity contribution in [3.63, 3.8) is 0 Å². The van der Waals surface area contributed by atoms with E-state index < -0.39 is 0 Å². The molecule has 2 heteroatoms. The second-order valence-corrected chi connectivity index (χ2v) is 4.32. The van der Waals surface area contributed by atoms with Gasteiger partial charge in [-0.05, 0) is 31.8 Å². The van der Waals surface area contributed by atoms with Crippen molar-refractivity contribution in [3.8, 4) is 0 Å². The average Bonchev–Trinajstić information content (AvgIpc) is 1.86. The first-order chi connectivity index (χ1) is 5.08. The molecule has 0 amide bonds. The fraction of sp³-hybridized carbons (Fsp3) is 1.00. The lowest BCUT2D eigenvalue weighted by molar-refractivity contribution is 0.0643. The largest absolute Gasteiger partial charge is 0.329 e. The molecule has 2 N–H and O–H groups in total. The normalized spacial score (nSPS) is 32.2. The summed E-state index contributed by atoms with van der Waals surface area (Å²) in [4.78, 5) is 2.39. The van der Waals surface area contributed by atoms with Gasteiger partial charge in [-0.1, -0.05) is 13.8 Å². The molecule has 0 aromatic rings. The van der Waals surface area contributed by atoms with Gasteiger partial charge in [-0.25, -0.2) is 0 Å². The van der Waals surface area contributed by atoms with Crippen LogP contribution in [0.4, 0.5) is 0 Å². The molecule has 1 heterocycles. The molecule has 1 aliphatic heterocycles. The van der Waals surface area contributed by atoms with Crippen LogP contribution in [0.25, 0.3) is 0 Å². The molecule has 1 rings (SSSR count). The van der Waals surface area contributed by atoms with E-state index in [1.807, 2.05) is 0 Å². The standard InChI is InChI=1S/C9H20N2/c1-9(2)5-4-6-11(3)8(9)7-10/h8H,4-7,10H2,1-3H3/t8-/m0/s1. The summed E-state index contributed by atoms with van der Waals surface area (Å²) in [7, 11) is 2.18. The summed E-state index contributed by atoms with van der Waals surface area (Å²) >= 11 is 0. The molecule has 1 atom stereocenters. The van der Waals surface area contributed by atoms with E-state index in [0.29, 0.717) is 11.5 Å². The van der Waals surface area contributed by atoms with E-state index in [-0.39, 0.29) is 0 Å². The van der Waals surface area contributed by atoms with Gasteiger partial charge in [-0.15, -0.1) is 0 Å². The summed E-state index contributed by atoms with van der Waals surface area (Å²) in [5, 5.41) is 0. The zero-order valence-electron chi connectivity index (χ0n) is 7.93. The maximum Gasteiger partial charge on any atom is 0.0266 e. The van der Waals surface area contributed by atoms with Crippen LogP contribution in [-0.4, -0.2) is 31.1 Å². The van der Waals surface area contributed by atoms with Crippen LogP contribution in [0.1, 0.15) is 26.7 Å². The van der Waals surface area contributed by atoms with Crippen LogP contribution in [0.3, 0.4) is 0 Å². The first kappa shape index (κ1) is 9.01. The van der Waals surface area contributed by atoms with Crippen molar-refractivity contribution in [2.24, 2.45) is 11.1 Å². The Balaban J connectivity index is 2.64. The third-order valence-electron chi connectivity index (χ3n) is 2.99. The molecular weight excluding hydrogens is 136 g/mol. The number of likely N-dealkylation sites (N-methyl/N-ethyl adjacent to an activating group) is 1. The smallest absolute Gasteiger partial charge is 0.0266 e. The molecule has 0 bridgehead atoms. The van der Waals surface area contributed by atoms with E-state index >= 15 is 0 Å². The van der Waals surface area contributed by atoms with E-state index in [4.69, 9.17) is 5.73 Å². The van der Waals surface area contributed by atoms with E-state index in [1.54, 1.807) is 0 Å². The van der Waals surface area contributed by atoms with Crippen molar-refractivity contribution in [2.75, 3.05) is 20.1 Å². The second-order valence-electron chi connectivity index (χ2n) is 4.32. The van der Waals surface area contributed by atoms with E-state index in [0.717, 1.165) is 6.54 Å². The minimum absolute atomic E-state index is 0.418. The van der Waals surface area contributed by atoms with Crippen molar-refractivity contribution in [2.45, 2.75) is 32.7 Å². The highest BCUT2D eigenvalue weighted by Gasteiger charge is 2.34. The Hall–Kier alpha value is -0.0800. The molecule has 0 aromatic heterocycles. The second kappa shape index (κ2) is 3.11. The van der Waals surface area contributed by atoms with Crippen LogP contribution in [0, 0.1) is 5.41 Å². The Morgan fingerprint density at radius 2 is 2.18 bits per heavy atom. The Morgan fingerprint density at radius 3 is 2.55 bits per heavy atom. The van der Waals surface area contributed by atoms with Crippen LogP contribution < -0.4 is 5.73 Å². The van der Waals surface area contributed by atoms with Crippen LogP contribution in [0.2, 0.25) is 0 Å². The van der Waals surface area contributed by atoms with Crippen LogP contribution in [0.15, 0.2) is 0 Å². The Morgan fingerprint density at radius 1 is 1.55 bits per heavy atom. The lowest BCUT2D eigenvalue weighted by Gasteiger charge is -2.44. The Labute approximate surface area is 69.8 Å². The monoisotopic (exact) mass is 156 g/mol. The predicted molar refractivity (Wildman–Crippen MR) is 48.5 cm³/mol. The van der Waals surface area contributed by atoms with Gasteiger partial charge in [-0.3, -0.25) is 0 Å². The van der Waals surface area contributed by atoms with Gasteiger partial charge in [0, 0.05) is 12.6 Å². The average molecular weight is 156 g/mol. The van der Waals surface area contributed by atoms with Gasteiger partial charge in [0.25, 0.3) is 0 Å². The highest BCUT2D eigenvalue weighted by Crippen LogP contribution is 2.33. The van der Waals surface area contributed by atoms with Gasteiger partial charge in [0.1, 0.15) is 0 Å². The first-order valence-electron chi connectivity index (χ1n) is 4.48. The summed E-state index contributed by atoms with van der Waals surface area (Å²) < 4.78 is 0. The topological polar surface area (TPSA) is 29.3 Å². The van der Waals surface area contributed by atoms with Gasteiger partial charge < -0.3 is 10.6 Å². The maximum absolute atomic E-state index is 5.73. The molecule has 0 aliphatic carbocycles. The van der Waals surface area contributed by atoms with Gasteiger partial charge in [0.15, 0.2) is 0 Å². The molecule has 1 aliphatic rings. The van der Waals surface area contributed by atoms with Crippen LogP contribution in [0.5, 0.6) is 0 Å². The third-order valence-corrected chi connectivity index (χ3v) is 2.99. The number of nitrogens with two attached hydrogens (primary N) is 1. The number of hydrogen-bond donors (Lipinski definition) is 1. The van der Waals surface area contributed by atoms with E-state index in [9.17, 15) is 0 Å². The molecule has 0 unspecified atom stereocenters. The molecule has 1 saturated heterocycles. The summed E-state index contributed by atoms with van der Waals surface area (Å²) in [5.74, 6) is 0. The molecule has 0 spiro atoms. The number of likely N-dealkylation sites (tertiary alicyclic amines) is 1. The fourth-order valence-electron chi connectivity index (χ4n) is 2.20. The quantitative estimate of drug-likeness (QED) is 0.615.